The maximum absolute atomic E-state index is 13.5. The average molecular weight is 548 g/mol. The van der Waals surface area contributed by atoms with Crippen molar-refractivity contribution in [2.75, 3.05) is 20.7 Å². The number of nitrogens with zero attached hydrogens (tertiary/aromatic N) is 1. The van der Waals surface area contributed by atoms with Crippen molar-refractivity contribution >= 4 is 40.8 Å². The number of methoxy groups -OCH3 is 1. The van der Waals surface area contributed by atoms with E-state index in [1.54, 1.807) is 25.2 Å². The van der Waals surface area contributed by atoms with E-state index in [4.69, 9.17) is 4.74 Å². The van der Waals surface area contributed by atoms with Crippen molar-refractivity contribution < 1.29 is 22.6 Å². The molecule has 0 unspecified atom stereocenters. The third-order valence-corrected chi connectivity index (χ3v) is 4.58. The molecule has 1 heterocycles. The van der Waals surface area contributed by atoms with E-state index in [9.17, 15) is 13.2 Å². The molecule has 0 spiro atoms. The molecule has 3 aromatic rings. The molecule has 0 radical (unpaired) electrons. The van der Waals surface area contributed by atoms with Gasteiger partial charge in [0.2, 0.25) is 0 Å². The zero-order valence-electron chi connectivity index (χ0n) is 17.0. The van der Waals surface area contributed by atoms with Crippen LogP contribution in [-0.2, 0) is 13.0 Å². The Morgan fingerprint density at radius 2 is 1.94 bits per heavy atom. The van der Waals surface area contributed by atoms with Gasteiger partial charge in [-0.05, 0) is 42.3 Å². The lowest BCUT2D eigenvalue weighted by Crippen LogP contribution is -2.37. The number of hydrogen-bond donors (Lipinski definition) is 3. The van der Waals surface area contributed by atoms with E-state index < -0.39 is 6.61 Å². The molecular formula is C21H24F3IN4O2. The van der Waals surface area contributed by atoms with E-state index in [-0.39, 0.29) is 42.1 Å². The predicted octanol–water partition coefficient (Wildman–Crippen LogP) is 4.44. The Bertz CT molecular complexity index is 1030. The third kappa shape index (κ3) is 6.68. The van der Waals surface area contributed by atoms with Crippen LogP contribution in [-0.4, -0.2) is 38.3 Å². The van der Waals surface area contributed by atoms with Crippen LogP contribution >= 0.6 is 24.0 Å². The number of rotatable bonds is 8. The number of benzene rings is 2. The van der Waals surface area contributed by atoms with Gasteiger partial charge in [0.1, 0.15) is 17.3 Å². The average Bonchev–Trinajstić information content (AvgIpc) is 3.12. The number of hydrogen-bond acceptors (Lipinski definition) is 3. The van der Waals surface area contributed by atoms with Crippen LogP contribution in [0.4, 0.5) is 13.2 Å². The minimum Gasteiger partial charge on any atom is -0.497 e. The lowest BCUT2D eigenvalue weighted by molar-refractivity contribution is -0.0505. The van der Waals surface area contributed by atoms with Crippen LogP contribution in [0.2, 0.25) is 0 Å². The Labute approximate surface area is 195 Å². The van der Waals surface area contributed by atoms with Crippen LogP contribution in [0.3, 0.4) is 0 Å². The molecule has 0 aliphatic rings. The first-order valence-electron chi connectivity index (χ1n) is 9.32. The molecule has 2 aromatic carbocycles. The summed E-state index contributed by atoms with van der Waals surface area (Å²) >= 11 is 0. The number of aromatic nitrogens is 1. The second kappa shape index (κ2) is 11.7. The van der Waals surface area contributed by atoms with Crippen molar-refractivity contribution in [1.82, 2.24) is 15.6 Å². The van der Waals surface area contributed by atoms with Crippen molar-refractivity contribution in [2.45, 2.75) is 19.6 Å². The normalized spacial score (nSPS) is 11.4. The first-order valence-corrected chi connectivity index (χ1v) is 9.32. The lowest BCUT2D eigenvalue weighted by atomic mass is 10.1. The number of nitrogens with one attached hydrogen (secondary N) is 3. The van der Waals surface area contributed by atoms with E-state index in [1.807, 2.05) is 6.20 Å². The highest BCUT2D eigenvalue weighted by molar-refractivity contribution is 14.0. The highest BCUT2D eigenvalue weighted by atomic mass is 127. The van der Waals surface area contributed by atoms with Gasteiger partial charge < -0.3 is 25.1 Å². The summed E-state index contributed by atoms with van der Waals surface area (Å²) in [6, 6.07) is 9.35. The second-order valence-corrected chi connectivity index (χ2v) is 6.46. The fraction of sp³-hybridized carbons (Fsp3) is 0.286. The van der Waals surface area contributed by atoms with Crippen LogP contribution < -0.4 is 20.1 Å². The molecule has 0 aliphatic heterocycles. The Morgan fingerprint density at radius 1 is 1.13 bits per heavy atom. The molecule has 168 valence electrons. The Hall–Kier alpha value is -2.63. The molecule has 6 nitrogen and oxygen atoms in total. The highest BCUT2D eigenvalue weighted by Gasteiger charge is 2.12. The number of fused-ring (bicyclic) bond motifs is 1. The number of alkyl halides is 2. The van der Waals surface area contributed by atoms with Crippen LogP contribution in [0.25, 0.3) is 10.9 Å². The molecule has 3 N–H and O–H groups in total. The van der Waals surface area contributed by atoms with Crippen molar-refractivity contribution in [3.8, 4) is 11.5 Å². The molecule has 0 aliphatic carbocycles. The maximum Gasteiger partial charge on any atom is 0.387 e. The quantitative estimate of drug-likeness (QED) is 0.221. The van der Waals surface area contributed by atoms with E-state index in [2.05, 4.69) is 25.3 Å². The zero-order valence-corrected chi connectivity index (χ0v) is 19.4. The lowest BCUT2D eigenvalue weighted by Gasteiger charge is -2.15. The SMILES string of the molecule is CN=C(NCCc1c[nH]c2ccc(F)cc12)NCc1ccc(OC)cc1OC(F)F.I. The summed E-state index contributed by atoms with van der Waals surface area (Å²) in [7, 11) is 3.06. The molecule has 10 heteroatoms. The van der Waals surface area contributed by atoms with Gasteiger partial charge in [0.15, 0.2) is 5.96 Å². The van der Waals surface area contributed by atoms with E-state index >= 15 is 0 Å². The van der Waals surface area contributed by atoms with Gasteiger partial charge in [-0.2, -0.15) is 8.78 Å². The van der Waals surface area contributed by atoms with Crippen molar-refractivity contribution in [1.29, 1.82) is 0 Å². The van der Waals surface area contributed by atoms with Gasteiger partial charge in [0.05, 0.1) is 7.11 Å². The monoisotopic (exact) mass is 548 g/mol. The topological polar surface area (TPSA) is 70.7 Å². The molecule has 0 saturated carbocycles. The summed E-state index contributed by atoms with van der Waals surface area (Å²) < 4.78 is 48.5. The van der Waals surface area contributed by atoms with E-state index in [1.165, 1.54) is 25.3 Å². The predicted molar refractivity (Wildman–Crippen MR) is 125 cm³/mol. The van der Waals surface area contributed by atoms with Crippen molar-refractivity contribution in [3.05, 3.63) is 59.5 Å². The molecule has 0 saturated heterocycles. The first-order chi connectivity index (χ1) is 14.5. The van der Waals surface area contributed by atoms with Gasteiger partial charge in [-0.25, -0.2) is 4.39 Å². The molecular weight excluding hydrogens is 524 g/mol. The van der Waals surface area contributed by atoms with E-state index in [0.717, 1.165) is 16.5 Å². The maximum atomic E-state index is 13.5. The third-order valence-electron chi connectivity index (χ3n) is 4.58. The minimum absolute atomic E-state index is 0. The molecule has 0 atom stereocenters. The molecule has 0 fully saturated rings. The van der Waals surface area contributed by atoms with Gasteiger partial charge in [0.25, 0.3) is 0 Å². The largest absolute Gasteiger partial charge is 0.497 e. The second-order valence-electron chi connectivity index (χ2n) is 6.46. The Morgan fingerprint density at radius 3 is 2.65 bits per heavy atom. The van der Waals surface area contributed by atoms with Gasteiger partial charge in [-0.3, -0.25) is 4.99 Å². The smallest absolute Gasteiger partial charge is 0.387 e. The first kappa shape index (κ1) is 24.6. The summed E-state index contributed by atoms with van der Waals surface area (Å²) in [5, 5.41) is 7.07. The molecule has 0 amide bonds. The van der Waals surface area contributed by atoms with Crippen LogP contribution in [0, 0.1) is 5.82 Å². The summed E-state index contributed by atoms with van der Waals surface area (Å²) in [5.74, 6) is 0.676. The van der Waals surface area contributed by atoms with E-state index in [0.29, 0.717) is 30.2 Å². The van der Waals surface area contributed by atoms with Gasteiger partial charge in [-0.1, -0.05) is 0 Å². The number of aliphatic imine (C=N–C) groups is 1. The van der Waals surface area contributed by atoms with Gasteiger partial charge in [0, 0.05) is 48.9 Å². The standard InChI is InChI=1S/C21H23F3N4O2.HI/c1-25-21(26-8-7-13-11-27-18-6-4-15(22)9-17(13)18)28-12-14-3-5-16(29-2)10-19(14)30-20(23)24;/h3-6,9-11,20,27H,7-8,12H2,1-2H3,(H2,25,26,28);1H. The number of H-pyrrole nitrogens is 1. The number of guanidine groups is 1. The van der Waals surface area contributed by atoms with Gasteiger partial charge >= 0.3 is 6.61 Å². The molecule has 3 rings (SSSR count). The molecule has 1 aromatic heterocycles. The summed E-state index contributed by atoms with van der Waals surface area (Å²) in [4.78, 5) is 7.26. The Kier molecular flexibility index (Phi) is 9.28. The summed E-state index contributed by atoms with van der Waals surface area (Å²) in [6.45, 7) is -2.16. The molecule has 31 heavy (non-hydrogen) atoms. The number of halogens is 4. The highest BCUT2D eigenvalue weighted by Crippen LogP contribution is 2.26. The summed E-state index contributed by atoms with van der Waals surface area (Å²) in [6.07, 6.45) is 2.50. The zero-order chi connectivity index (χ0) is 21.5. The molecule has 0 bridgehead atoms. The minimum atomic E-state index is -2.94. The van der Waals surface area contributed by atoms with Gasteiger partial charge in [-0.15, -0.1) is 24.0 Å². The van der Waals surface area contributed by atoms with Crippen LogP contribution in [0.1, 0.15) is 11.1 Å². The fourth-order valence-electron chi connectivity index (χ4n) is 3.09. The fourth-order valence-corrected chi connectivity index (χ4v) is 3.09. The Balaban J connectivity index is 0.00000341. The number of ether oxygens (including phenoxy) is 2. The number of aromatic amines is 1. The van der Waals surface area contributed by atoms with Crippen molar-refractivity contribution in [2.24, 2.45) is 4.99 Å². The van der Waals surface area contributed by atoms with Crippen LogP contribution in [0.5, 0.6) is 11.5 Å². The van der Waals surface area contributed by atoms with Crippen LogP contribution in [0.15, 0.2) is 47.6 Å². The van der Waals surface area contributed by atoms with Crippen molar-refractivity contribution in [3.63, 3.8) is 0 Å². The summed E-state index contributed by atoms with van der Waals surface area (Å²) in [5.41, 5.74) is 2.39.